The van der Waals surface area contributed by atoms with Gasteiger partial charge in [0.1, 0.15) is 17.5 Å². The van der Waals surface area contributed by atoms with Gasteiger partial charge in [0.15, 0.2) is 0 Å². The Kier molecular flexibility index (Phi) is 13.0. The molecule has 1 aromatic carbocycles. The van der Waals surface area contributed by atoms with E-state index in [1.54, 1.807) is 0 Å². The fraction of sp³-hybridized carbons (Fsp3) is 0.696. The Bertz CT molecular complexity index is 730. The second-order valence-corrected chi connectivity index (χ2v) is 8.26. The molecule has 0 spiro atoms. The molecule has 0 fully saturated rings. The topological polar surface area (TPSA) is 96.8 Å². The third kappa shape index (κ3) is 7.50. The second kappa shape index (κ2) is 13.5. The Labute approximate surface area is 199 Å². The Morgan fingerprint density at radius 1 is 1.13 bits per heavy atom. The van der Waals surface area contributed by atoms with Gasteiger partial charge in [0, 0.05) is 18.9 Å². The van der Waals surface area contributed by atoms with Crippen LogP contribution in [-0.4, -0.2) is 30.9 Å². The number of halogens is 2. The van der Waals surface area contributed by atoms with E-state index >= 15 is 0 Å². The monoisotopic (exact) mass is 478 g/mol. The van der Waals surface area contributed by atoms with E-state index in [1.807, 2.05) is 27.7 Å². The highest BCUT2D eigenvalue weighted by molar-refractivity contribution is 5.85. The molecule has 1 aliphatic heterocycles. The number of carbonyl (C=O) groups is 1. The van der Waals surface area contributed by atoms with E-state index in [0.29, 0.717) is 25.3 Å². The average Bonchev–Trinajstić information content (AvgIpc) is 2.69. The molecule has 31 heavy (non-hydrogen) atoms. The largest absolute Gasteiger partial charge is 0.462 e. The van der Waals surface area contributed by atoms with Crippen LogP contribution in [0, 0.1) is 20.8 Å². The Balaban J connectivity index is 0.00000450. The lowest BCUT2D eigenvalue weighted by Gasteiger charge is -2.37. The summed E-state index contributed by atoms with van der Waals surface area (Å²) in [6.45, 7) is 11.4. The molecule has 0 bridgehead atoms. The van der Waals surface area contributed by atoms with Gasteiger partial charge in [-0.2, -0.15) is 0 Å². The van der Waals surface area contributed by atoms with Crippen LogP contribution in [-0.2, 0) is 16.0 Å². The van der Waals surface area contributed by atoms with Crippen molar-refractivity contribution in [3.05, 3.63) is 22.3 Å². The van der Waals surface area contributed by atoms with Crippen LogP contribution in [0.15, 0.2) is 0 Å². The van der Waals surface area contributed by atoms with E-state index < -0.39 is 17.8 Å². The smallest absolute Gasteiger partial charge is 0.328 e. The standard InChI is InChI=1S/C23H38N2O4.2ClH/c1-6-7-14-27-23(5)12-11-18-17(4)20(15(2)16(3)21(18)29-23)28-22(26)19(25)10-8-9-13-24;;/h19H,6-14,24-25H2,1-5H3;2*1H/t19-,23?;;/m0../s1. The van der Waals surface area contributed by atoms with Gasteiger partial charge in [-0.25, -0.2) is 4.79 Å². The van der Waals surface area contributed by atoms with Gasteiger partial charge in [0.05, 0.1) is 6.61 Å². The molecular weight excluding hydrogens is 439 g/mol. The number of ether oxygens (including phenoxy) is 3. The van der Waals surface area contributed by atoms with Crippen LogP contribution in [0.5, 0.6) is 11.5 Å². The molecule has 1 aromatic rings. The fourth-order valence-electron chi connectivity index (χ4n) is 3.70. The number of benzene rings is 1. The summed E-state index contributed by atoms with van der Waals surface area (Å²) in [5.74, 6) is 0.462. The number of unbranched alkanes of at least 4 members (excludes halogenated alkanes) is 2. The van der Waals surface area contributed by atoms with E-state index in [4.69, 9.17) is 25.7 Å². The lowest BCUT2D eigenvalue weighted by atomic mass is 9.91. The van der Waals surface area contributed by atoms with E-state index in [1.165, 1.54) is 0 Å². The van der Waals surface area contributed by atoms with Crippen LogP contribution < -0.4 is 20.9 Å². The summed E-state index contributed by atoms with van der Waals surface area (Å²) in [5, 5.41) is 0. The van der Waals surface area contributed by atoms with Gasteiger partial charge in [0.25, 0.3) is 0 Å². The zero-order valence-corrected chi connectivity index (χ0v) is 21.2. The molecule has 0 radical (unpaired) electrons. The normalized spacial score (nSPS) is 18.2. The lowest BCUT2D eigenvalue weighted by molar-refractivity contribution is -0.181. The van der Waals surface area contributed by atoms with Gasteiger partial charge in [-0.05, 0) is 69.7 Å². The molecule has 2 rings (SSSR count). The summed E-state index contributed by atoms with van der Waals surface area (Å²) in [6.07, 6.45) is 5.94. The summed E-state index contributed by atoms with van der Waals surface area (Å²) in [6, 6.07) is -0.636. The van der Waals surface area contributed by atoms with E-state index in [0.717, 1.165) is 66.5 Å². The molecule has 0 saturated carbocycles. The van der Waals surface area contributed by atoms with Crippen LogP contribution in [0.2, 0.25) is 0 Å². The Morgan fingerprint density at radius 3 is 2.42 bits per heavy atom. The van der Waals surface area contributed by atoms with Crippen molar-refractivity contribution >= 4 is 30.8 Å². The first-order valence-electron chi connectivity index (χ1n) is 10.9. The van der Waals surface area contributed by atoms with Crippen LogP contribution in [0.25, 0.3) is 0 Å². The lowest BCUT2D eigenvalue weighted by Crippen LogP contribution is -2.40. The van der Waals surface area contributed by atoms with Gasteiger partial charge in [-0.15, -0.1) is 24.8 Å². The third-order valence-corrected chi connectivity index (χ3v) is 5.84. The van der Waals surface area contributed by atoms with Crippen LogP contribution >= 0.6 is 24.8 Å². The van der Waals surface area contributed by atoms with Gasteiger partial charge in [-0.3, -0.25) is 0 Å². The quantitative estimate of drug-likeness (QED) is 0.288. The number of fused-ring (bicyclic) bond motifs is 1. The maximum Gasteiger partial charge on any atom is 0.328 e. The zero-order valence-electron chi connectivity index (χ0n) is 19.5. The third-order valence-electron chi connectivity index (χ3n) is 5.84. The molecule has 0 amide bonds. The molecule has 0 saturated heterocycles. The average molecular weight is 479 g/mol. The number of hydrogen-bond donors (Lipinski definition) is 2. The molecule has 1 unspecified atom stereocenters. The number of esters is 1. The van der Waals surface area contributed by atoms with Crippen molar-refractivity contribution in [2.45, 2.75) is 91.4 Å². The molecule has 180 valence electrons. The van der Waals surface area contributed by atoms with Crippen LogP contribution in [0.1, 0.15) is 74.6 Å². The number of hydrogen-bond acceptors (Lipinski definition) is 6. The molecule has 8 heteroatoms. The Morgan fingerprint density at radius 2 is 1.81 bits per heavy atom. The van der Waals surface area contributed by atoms with E-state index in [-0.39, 0.29) is 24.8 Å². The maximum absolute atomic E-state index is 12.5. The summed E-state index contributed by atoms with van der Waals surface area (Å²) >= 11 is 0. The van der Waals surface area contributed by atoms with Crippen molar-refractivity contribution in [1.82, 2.24) is 0 Å². The van der Waals surface area contributed by atoms with Crippen molar-refractivity contribution in [3.8, 4) is 11.5 Å². The first kappa shape index (κ1) is 29.9. The van der Waals surface area contributed by atoms with Gasteiger partial charge in [-0.1, -0.05) is 19.8 Å². The first-order chi connectivity index (χ1) is 13.7. The summed E-state index contributed by atoms with van der Waals surface area (Å²) in [7, 11) is 0. The molecule has 4 N–H and O–H groups in total. The number of rotatable bonds is 10. The molecular formula is C23H40Cl2N2O4. The second-order valence-electron chi connectivity index (χ2n) is 8.26. The van der Waals surface area contributed by atoms with Gasteiger partial charge >= 0.3 is 5.97 Å². The van der Waals surface area contributed by atoms with E-state index in [2.05, 4.69) is 6.92 Å². The minimum Gasteiger partial charge on any atom is -0.462 e. The van der Waals surface area contributed by atoms with Crippen LogP contribution in [0.4, 0.5) is 0 Å². The van der Waals surface area contributed by atoms with Crippen molar-refractivity contribution in [3.63, 3.8) is 0 Å². The van der Waals surface area contributed by atoms with E-state index in [9.17, 15) is 4.79 Å². The maximum atomic E-state index is 12.5. The highest BCUT2D eigenvalue weighted by Crippen LogP contribution is 2.44. The molecule has 1 heterocycles. The number of carbonyl (C=O) groups excluding carboxylic acids is 1. The van der Waals surface area contributed by atoms with Crippen molar-refractivity contribution in [2.75, 3.05) is 13.2 Å². The minimum absolute atomic E-state index is 0. The van der Waals surface area contributed by atoms with Gasteiger partial charge < -0.3 is 25.7 Å². The summed E-state index contributed by atoms with van der Waals surface area (Å²) in [4.78, 5) is 12.5. The highest BCUT2D eigenvalue weighted by atomic mass is 35.5. The van der Waals surface area contributed by atoms with Gasteiger partial charge in [0.2, 0.25) is 5.79 Å². The molecule has 1 aliphatic rings. The molecule has 2 atom stereocenters. The predicted molar refractivity (Wildman–Crippen MR) is 130 cm³/mol. The fourth-order valence-corrected chi connectivity index (χ4v) is 3.70. The molecule has 6 nitrogen and oxygen atoms in total. The zero-order chi connectivity index (χ0) is 21.6. The Hall–Kier alpha value is -1.05. The molecule has 0 aliphatic carbocycles. The van der Waals surface area contributed by atoms with Crippen LogP contribution in [0.3, 0.4) is 0 Å². The highest BCUT2D eigenvalue weighted by Gasteiger charge is 2.36. The first-order valence-corrected chi connectivity index (χ1v) is 10.9. The number of nitrogens with two attached hydrogens (primary N) is 2. The predicted octanol–water partition coefficient (Wildman–Crippen LogP) is 4.68. The minimum atomic E-state index is -0.636. The van der Waals surface area contributed by atoms with Crippen molar-refractivity contribution < 1.29 is 19.0 Å². The molecule has 0 aromatic heterocycles. The van der Waals surface area contributed by atoms with Crippen molar-refractivity contribution in [1.29, 1.82) is 0 Å². The summed E-state index contributed by atoms with van der Waals surface area (Å²) in [5.41, 5.74) is 15.4. The van der Waals surface area contributed by atoms with Crippen molar-refractivity contribution in [2.24, 2.45) is 11.5 Å². The SMILES string of the molecule is CCCCOC1(C)CCc2c(C)c(OC(=O)[C@@H](N)CCCCN)c(C)c(C)c2O1.Cl.Cl. The summed E-state index contributed by atoms with van der Waals surface area (Å²) < 4.78 is 18.1.